The Bertz CT molecular complexity index is 1160. The van der Waals surface area contributed by atoms with Gasteiger partial charge in [-0.25, -0.2) is 9.78 Å². The molecule has 0 bridgehead atoms. The molecule has 1 atom stereocenters. The predicted octanol–water partition coefficient (Wildman–Crippen LogP) is 2.36. The van der Waals surface area contributed by atoms with Crippen molar-refractivity contribution in [2.24, 2.45) is 14.1 Å². The smallest absolute Gasteiger partial charge is 0.329 e. The molecule has 1 unspecified atom stereocenters. The summed E-state index contributed by atoms with van der Waals surface area (Å²) in [6.07, 6.45) is 9.10. The van der Waals surface area contributed by atoms with E-state index < -0.39 is 5.69 Å². The van der Waals surface area contributed by atoms with Gasteiger partial charge in [-0.2, -0.15) is 0 Å². The number of benzene rings is 1. The van der Waals surface area contributed by atoms with Crippen molar-refractivity contribution in [2.75, 3.05) is 12.3 Å². The summed E-state index contributed by atoms with van der Waals surface area (Å²) in [5.74, 6) is 0.834. The molecule has 0 saturated heterocycles. The Labute approximate surface area is 200 Å². The first-order chi connectivity index (χ1) is 16.4. The number of aliphatic hydroxyl groups is 1. The standard InChI is InChI=1S/C25H38N6O3/c1-30-21(28-23-22(30)24(33)29-25(34)31(23)2)11-9-7-5-3-4-6-8-10-20(32)17-27-16-18-12-14-19(26)15-13-18/h12-15,20,27,32H,3-11,16-17,26H2,1-2H3,(H,29,33,34). The number of aliphatic hydroxyl groups excluding tert-OH is 1. The minimum atomic E-state index is -0.441. The maximum absolute atomic E-state index is 12.1. The van der Waals surface area contributed by atoms with Gasteiger partial charge in [0.25, 0.3) is 5.56 Å². The van der Waals surface area contributed by atoms with E-state index in [1.165, 1.54) is 17.4 Å². The summed E-state index contributed by atoms with van der Waals surface area (Å²) in [4.78, 5) is 30.7. The van der Waals surface area contributed by atoms with Gasteiger partial charge in [0, 0.05) is 39.3 Å². The molecule has 0 fully saturated rings. The summed E-state index contributed by atoms with van der Waals surface area (Å²) in [5, 5.41) is 13.4. The molecule has 2 heterocycles. The second-order valence-corrected chi connectivity index (χ2v) is 9.12. The Hall–Kier alpha value is -2.91. The van der Waals surface area contributed by atoms with Gasteiger partial charge < -0.3 is 20.7 Å². The number of imidazole rings is 1. The SMILES string of the molecule is Cn1c(CCCCCCCCCC(O)CNCc2ccc(N)cc2)nc2c1c(=O)[nH]c(=O)n2C. The third-order valence-corrected chi connectivity index (χ3v) is 6.35. The van der Waals surface area contributed by atoms with Gasteiger partial charge in [0.05, 0.1) is 6.10 Å². The number of unbranched alkanes of at least 4 members (excludes halogenated alkanes) is 6. The maximum Gasteiger partial charge on any atom is 0.329 e. The fraction of sp³-hybridized carbons (Fsp3) is 0.560. The molecule has 3 rings (SSSR count). The second kappa shape index (κ2) is 12.5. The average molecular weight is 471 g/mol. The van der Waals surface area contributed by atoms with Crippen molar-refractivity contribution < 1.29 is 5.11 Å². The number of hydrogen-bond acceptors (Lipinski definition) is 6. The second-order valence-electron chi connectivity index (χ2n) is 9.12. The fourth-order valence-corrected chi connectivity index (χ4v) is 4.24. The number of nitrogens with one attached hydrogen (secondary N) is 2. The van der Waals surface area contributed by atoms with E-state index in [1.807, 2.05) is 31.3 Å². The molecule has 0 radical (unpaired) electrons. The molecule has 186 valence electrons. The summed E-state index contributed by atoms with van der Waals surface area (Å²) in [6.45, 7) is 1.34. The lowest BCUT2D eigenvalue weighted by Gasteiger charge is -2.12. The van der Waals surface area contributed by atoms with Crippen molar-refractivity contribution in [3.63, 3.8) is 0 Å². The van der Waals surface area contributed by atoms with Crippen LogP contribution in [0.4, 0.5) is 5.69 Å². The van der Waals surface area contributed by atoms with Crippen LogP contribution >= 0.6 is 0 Å². The van der Waals surface area contributed by atoms with Crippen LogP contribution < -0.4 is 22.3 Å². The average Bonchev–Trinajstić information content (AvgIpc) is 3.14. The molecule has 9 heteroatoms. The Balaban J connectivity index is 1.24. The molecule has 0 aliphatic carbocycles. The molecule has 2 aromatic heterocycles. The number of anilines is 1. The number of hydrogen-bond donors (Lipinski definition) is 4. The first kappa shape index (κ1) is 25.7. The minimum absolute atomic E-state index is 0.311. The summed E-state index contributed by atoms with van der Waals surface area (Å²) >= 11 is 0. The first-order valence-electron chi connectivity index (χ1n) is 12.2. The predicted molar refractivity (Wildman–Crippen MR) is 136 cm³/mol. The van der Waals surface area contributed by atoms with Gasteiger partial charge in [-0.3, -0.25) is 14.3 Å². The normalized spacial score (nSPS) is 12.4. The molecular weight excluding hydrogens is 432 g/mol. The number of aromatic nitrogens is 4. The number of nitrogens with zero attached hydrogens (tertiary/aromatic N) is 3. The van der Waals surface area contributed by atoms with Gasteiger partial charge in [0.15, 0.2) is 11.2 Å². The minimum Gasteiger partial charge on any atom is -0.399 e. The van der Waals surface area contributed by atoms with Crippen LogP contribution in [-0.2, 0) is 27.1 Å². The molecule has 1 aromatic carbocycles. The van der Waals surface area contributed by atoms with E-state index in [0.29, 0.717) is 17.7 Å². The highest BCUT2D eigenvalue weighted by Gasteiger charge is 2.14. The molecule has 3 aromatic rings. The van der Waals surface area contributed by atoms with E-state index in [-0.39, 0.29) is 11.7 Å². The highest BCUT2D eigenvalue weighted by Crippen LogP contribution is 2.14. The van der Waals surface area contributed by atoms with E-state index in [4.69, 9.17) is 5.73 Å². The van der Waals surface area contributed by atoms with Crippen molar-refractivity contribution >= 4 is 16.9 Å². The quantitative estimate of drug-likeness (QED) is 0.211. The van der Waals surface area contributed by atoms with Gasteiger partial charge in [-0.15, -0.1) is 0 Å². The highest BCUT2D eigenvalue weighted by atomic mass is 16.3. The Morgan fingerprint density at radius 3 is 2.35 bits per heavy atom. The fourth-order valence-electron chi connectivity index (χ4n) is 4.24. The number of rotatable bonds is 14. The summed E-state index contributed by atoms with van der Waals surface area (Å²) in [7, 11) is 3.45. The van der Waals surface area contributed by atoms with Crippen LogP contribution in [0.2, 0.25) is 0 Å². The van der Waals surface area contributed by atoms with Gasteiger partial charge in [0.1, 0.15) is 5.82 Å². The van der Waals surface area contributed by atoms with Crippen LogP contribution in [0.25, 0.3) is 11.2 Å². The lowest BCUT2D eigenvalue weighted by molar-refractivity contribution is 0.157. The molecule has 0 aliphatic rings. The van der Waals surface area contributed by atoms with Crippen LogP contribution in [0.5, 0.6) is 0 Å². The highest BCUT2D eigenvalue weighted by molar-refractivity contribution is 5.70. The van der Waals surface area contributed by atoms with E-state index >= 15 is 0 Å². The van der Waals surface area contributed by atoms with Crippen molar-refractivity contribution in [1.82, 2.24) is 24.4 Å². The number of nitrogens with two attached hydrogens (primary N) is 1. The van der Waals surface area contributed by atoms with Gasteiger partial charge in [-0.05, 0) is 30.5 Å². The summed E-state index contributed by atoms with van der Waals surface area (Å²) < 4.78 is 3.18. The van der Waals surface area contributed by atoms with Crippen LogP contribution in [0, 0.1) is 0 Å². The maximum atomic E-state index is 12.1. The van der Waals surface area contributed by atoms with Gasteiger partial charge >= 0.3 is 5.69 Å². The topological polar surface area (TPSA) is 131 Å². The summed E-state index contributed by atoms with van der Waals surface area (Å²) in [6, 6.07) is 7.77. The zero-order valence-electron chi connectivity index (χ0n) is 20.3. The summed E-state index contributed by atoms with van der Waals surface area (Å²) in [5.41, 5.74) is 7.67. The zero-order chi connectivity index (χ0) is 24.5. The van der Waals surface area contributed by atoms with E-state index in [9.17, 15) is 14.7 Å². The van der Waals surface area contributed by atoms with Crippen molar-refractivity contribution in [1.29, 1.82) is 0 Å². The van der Waals surface area contributed by atoms with Crippen molar-refractivity contribution in [2.45, 2.75) is 70.4 Å². The third kappa shape index (κ3) is 7.04. The molecular formula is C25H38N6O3. The zero-order valence-corrected chi connectivity index (χ0v) is 20.3. The molecule has 0 amide bonds. The van der Waals surface area contributed by atoms with Crippen molar-refractivity contribution in [3.05, 3.63) is 56.5 Å². The molecule has 0 aliphatic heterocycles. The number of nitrogen functional groups attached to an aromatic ring is 1. The Kier molecular flexibility index (Phi) is 9.47. The van der Waals surface area contributed by atoms with E-state index in [0.717, 1.165) is 68.6 Å². The lowest BCUT2D eigenvalue weighted by Crippen LogP contribution is -2.29. The lowest BCUT2D eigenvalue weighted by atomic mass is 10.1. The molecule has 5 N–H and O–H groups in total. The van der Waals surface area contributed by atoms with Crippen molar-refractivity contribution in [3.8, 4) is 0 Å². The van der Waals surface area contributed by atoms with Gasteiger partial charge in [-0.1, -0.05) is 50.7 Å². The first-order valence-corrected chi connectivity index (χ1v) is 12.2. The number of aromatic amines is 1. The number of H-pyrrole nitrogens is 1. The largest absolute Gasteiger partial charge is 0.399 e. The number of aryl methyl sites for hydroxylation is 3. The molecule has 0 spiro atoms. The molecule has 34 heavy (non-hydrogen) atoms. The molecule has 0 saturated carbocycles. The molecule has 9 nitrogen and oxygen atoms in total. The van der Waals surface area contributed by atoms with E-state index in [2.05, 4.69) is 15.3 Å². The van der Waals surface area contributed by atoms with Crippen LogP contribution in [0.3, 0.4) is 0 Å². The third-order valence-electron chi connectivity index (χ3n) is 6.35. The van der Waals surface area contributed by atoms with Crippen LogP contribution in [-0.4, -0.2) is 36.9 Å². The van der Waals surface area contributed by atoms with E-state index in [1.54, 1.807) is 11.6 Å². The Morgan fingerprint density at radius 2 is 1.65 bits per heavy atom. The van der Waals surface area contributed by atoms with Crippen LogP contribution in [0.1, 0.15) is 62.8 Å². The Morgan fingerprint density at radius 1 is 1.00 bits per heavy atom. The number of fused-ring (bicyclic) bond motifs is 1. The van der Waals surface area contributed by atoms with Gasteiger partial charge in [0.2, 0.25) is 0 Å². The monoisotopic (exact) mass is 470 g/mol. The van der Waals surface area contributed by atoms with Crippen LogP contribution in [0.15, 0.2) is 33.9 Å².